The van der Waals surface area contributed by atoms with Crippen LogP contribution in [-0.2, 0) is 27.3 Å². The number of benzene rings is 2. The molecule has 0 saturated carbocycles. The lowest BCUT2D eigenvalue weighted by Crippen LogP contribution is -2.29. The summed E-state index contributed by atoms with van der Waals surface area (Å²) >= 11 is 0. The molecule has 2 rings (SSSR count). The number of esters is 1. The van der Waals surface area contributed by atoms with Crippen molar-refractivity contribution >= 4 is 5.97 Å². The molecular formula is C29H38FNO3. The minimum atomic E-state index is -0.422. The van der Waals surface area contributed by atoms with Crippen molar-refractivity contribution < 1.29 is 18.8 Å². The van der Waals surface area contributed by atoms with E-state index in [0.717, 1.165) is 24.0 Å². The lowest BCUT2D eigenvalue weighted by atomic mass is 10.1. The zero-order chi connectivity index (χ0) is 24.4. The second kappa shape index (κ2) is 16.9. The minimum absolute atomic E-state index is 0.173. The van der Waals surface area contributed by atoms with E-state index in [1.54, 1.807) is 24.1 Å². The quantitative estimate of drug-likeness (QED) is 0.130. The van der Waals surface area contributed by atoms with Crippen molar-refractivity contribution in [3.8, 4) is 11.8 Å². The number of hydrogen-bond acceptors (Lipinski definition) is 4. The first-order chi connectivity index (χ1) is 16.6. The first-order valence-corrected chi connectivity index (χ1v) is 12.5. The molecule has 184 valence electrons. The molecule has 0 radical (unpaired) electrons. The summed E-state index contributed by atoms with van der Waals surface area (Å²) in [5.74, 6) is 5.84. The first kappa shape index (κ1) is 27.6. The lowest BCUT2D eigenvalue weighted by Gasteiger charge is -2.21. The summed E-state index contributed by atoms with van der Waals surface area (Å²) < 4.78 is 19.0. The molecule has 0 unspecified atom stereocenters. The molecule has 2 aromatic carbocycles. The Morgan fingerprint density at radius 2 is 1.71 bits per heavy atom. The van der Waals surface area contributed by atoms with Gasteiger partial charge in [0.05, 0.1) is 6.61 Å². The van der Waals surface area contributed by atoms with Gasteiger partial charge in [-0.05, 0) is 49.1 Å². The molecule has 2 aromatic rings. The van der Waals surface area contributed by atoms with E-state index in [-0.39, 0.29) is 12.4 Å². The van der Waals surface area contributed by atoms with Crippen LogP contribution in [0.3, 0.4) is 0 Å². The molecule has 0 aliphatic heterocycles. The molecule has 4 nitrogen and oxygen atoms in total. The topological polar surface area (TPSA) is 38.8 Å². The van der Waals surface area contributed by atoms with Crippen LogP contribution in [-0.4, -0.2) is 30.8 Å². The second-order valence-corrected chi connectivity index (χ2v) is 8.30. The molecule has 0 atom stereocenters. The van der Waals surface area contributed by atoms with Gasteiger partial charge in [0.25, 0.3) is 0 Å². The monoisotopic (exact) mass is 467 g/mol. The second-order valence-electron chi connectivity index (χ2n) is 8.30. The highest BCUT2D eigenvalue weighted by molar-refractivity contribution is 5.70. The van der Waals surface area contributed by atoms with E-state index in [1.807, 2.05) is 30.3 Å². The third-order valence-corrected chi connectivity index (χ3v) is 5.46. The minimum Gasteiger partial charge on any atom is -0.464 e. The Hall–Kier alpha value is -2.68. The Kier molecular flexibility index (Phi) is 13.7. The van der Waals surface area contributed by atoms with Crippen molar-refractivity contribution in [2.24, 2.45) is 0 Å². The largest absolute Gasteiger partial charge is 0.464 e. The van der Waals surface area contributed by atoms with Crippen LogP contribution in [0.5, 0.6) is 0 Å². The maximum atomic E-state index is 14.0. The summed E-state index contributed by atoms with van der Waals surface area (Å²) in [6.07, 6.45) is 9.04. The van der Waals surface area contributed by atoms with E-state index in [2.05, 4.69) is 18.8 Å². The van der Waals surface area contributed by atoms with Crippen molar-refractivity contribution in [3.63, 3.8) is 0 Å². The zero-order valence-corrected chi connectivity index (χ0v) is 20.7. The maximum Gasteiger partial charge on any atom is 0.334 e. The Morgan fingerprint density at radius 3 is 2.44 bits per heavy atom. The molecule has 0 aromatic heterocycles. The summed E-state index contributed by atoms with van der Waals surface area (Å²) in [6, 6.07) is 14.7. The molecule has 0 amide bonds. The maximum absolute atomic E-state index is 14.0. The van der Waals surface area contributed by atoms with Gasteiger partial charge >= 0.3 is 5.97 Å². The third-order valence-electron chi connectivity index (χ3n) is 5.46. The van der Waals surface area contributed by atoms with Crippen LogP contribution in [0.25, 0.3) is 0 Å². The number of halogens is 1. The summed E-state index contributed by atoms with van der Waals surface area (Å²) in [4.78, 5) is 17.4. The number of hydrogen-bond donors (Lipinski definition) is 0. The number of ether oxygens (including phenoxy) is 1. The number of unbranched alkanes of at least 4 members (excludes halogenated alkanes) is 6. The number of hydroxylamine groups is 2. The smallest absolute Gasteiger partial charge is 0.334 e. The predicted molar refractivity (Wildman–Crippen MR) is 134 cm³/mol. The van der Waals surface area contributed by atoms with Gasteiger partial charge in [0.1, 0.15) is 5.82 Å². The van der Waals surface area contributed by atoms with Gasteiger partial charge in [-0.15, -0.1) is 0 Å². The van der Waals surface area contributed by atoms with Crippen LogP contribution in [0.1, 0.15) is 75.5 Å². The van der Waals surface area contributed by atoms with E-state index < -0.39 is 5.97 Å². The van der Waals surface area contributed by atoms with E-state index in [4.69, 9.17) is 9.57 Å². The van der Waals surface area contributed by atoms with Crippen molar-refractivity contribution in [1.82, 2.24) is 5.06 Å². The Labute approximate surface area is 204 Å². The average Bonchev–Trinajstić information content (AvgIpc) is 2.84. The van der Waals surface area contributed by atoms with Crippen molar-refractivity contribution in [2.45, 2.75) is 71.8 Å². The van der Waals surface area contributed by atoms with Gasteiger partial charge in [0.15, 0.2) is 6.61 Å². The summed E-state index contributed by atoms with van der Waals surface area (Å²) in [7, 11) is 0. The Bertz CT molecular complexity index is 902. The highest BCUT2D eigenvalue weighted by atomic mass is 19.1. The molecule has 0 N–H and O–H groups in total. The number of carbonyl (C=O) groups is 1. The third kappa shape index (κ3) is 11.4. The van der Waals surface area contributed by atoms with Crippen LogP contribution in [0.15, 0.2) is 48.5 Å². The number of rotatable bonds is 15. The van der Waals surface area contributed by atoms with E-state index in [1.165, 1.54) is 38.2 Å². The SMILES string of the molecule is CCCCCCCCC#Cc1ccc(CN(CCc2ccccc2F)OCC(=O)OCC)cc1. The summed E-state index contributed by atoms with van der Waals surface area (Å²) in [5.41, 5.74) is 2.63. The molecule has 0 aliphatic carbocycles. The lowest BCUT2D eigenvalue weighted by molar-refractivity contribution is -0.188. The van der Waals surface area contributed by atoms with E-state index in [0.29, 0.717) is 31.7 Å². The highest BCUT2D eigenvalue weighted by Gasteiger charge is 2.12. The Morgan fingerprint density at radius 1 is 0.971 bits per heavy atom. The molecule has 0 bridgehead atoms. The van der Waals surface area contributed by atoms with Gasteiger partial charge in [0, 0.05) is 25.1 Å². The van der Waals surface area contributed by atoms with Gasteiger partial charge in [-0.3, -0.25) is 4.84 Å². The normalized spacial score (nSPS) is 10.7. The molecule has 5 heteroatoms. The Balaban J connectivity index is 1.88. The van der Waals surface area contributed by atoms with Crippen LogP contribution < -0.4 is 0 Å². The van der Waals surface area contributed by atoms with Crippen molar-refractivity contribution in [3.05, 3.63) is 71.0 Å². The summed E-state index contributed by atoms with van der Waals surface area (Å²) in [5, 5.41) is 1.68. The van der Waals surface area contributed by atoms with Crippen molar-refractivity contribution in [1.29, 1.82) is 0 Å². The molecule has 0 spiro atoms. The van der Waals surface area contributed by atoms with Crippen LogP contribution in [0.2, 0.25) is 0 Å². The molecule has 0 heterocycles. The first-order valence-electron chi connectivity index (χ1n) is 12.5. The summed E-state index contributed by atoms with van der Waals surface area (Å²) in [6.45, 7) is 5.04. The van der Waals surface area contributed by atoms with E-state index in [9.17, 15) is 9.18 Å². The van der Waals surface area contributed by atoms with E-state index >= 15 is 0 Å². The fraction of sp³-hybridized carbons (Fsp3) is 0.483. The van der Waals surface area contributed by atoms with Crippen LogP contribution in [0, 0.1) is 17.7 Å². The van der Waals surface area contributed by atoms with Crippen molar-refractivity contribution in [2.75, 3.05) is 19.8 Å². The zero-order valence-electron chi connectivity index (χ0n) is 20.7. The predicted octanol–water partition coefficient (Wildman–Crippen LogP) is 6.47. The highest BCUT2D eigenvalue weighted by Crippen LogP contribution is 2.12. The standard InChI is InChI=1S/C29H38FNO3/c1-3-5-6-7-8-9-10-11-14-25-17-19-26(20-18-25)23-31(34-24-29(32)33-4-2)22-21-27-15-12-13-16-28(27)30/h12-13,15-20H,3-10,21-24H2,1-2H3. The van der Waals surface area contributed by atoms with Crippen LogP contribution >= 0.6 is 0 Å². The molecule has 0 saturated heterocycles. The molecular weight excluding hydrogens is 429 g/mol. The molecule has 0 aliphatic rings. The number of carbonyl (C=O) groups excluding carboxylic acids is 1. The van der Waals surface area contributed by atoms with Crippen LogP contribution in [0.4, 0.5) is 4.39 Å². The average molecular weight is 468 g/mol. The molecule has 0 fully saturated rings. The number of nitrogens with zero attached hydrogens (tertiary/aromatic N) is 1. The van der Waals surface area contributed by atoms with Gasteiger partial charge in [-0.25, -0.2) is 9.18 Å². The van der Waals surface area contributed by atoms with Gasteiger partial charge in [-0.1, -0.05) is 81.2 Å². The van der Waals surface area contributed by atoms with Gasteiger partial charge in [0.2, 0.25) is 0 Å². The fourth-order valence-electron chi connectivity index (χ4n) is 3.54. The van der Waals surface area contributed by atoms with Gasteiger partial charge < -0.3 is 4.74 Å². The fourth-order valence-corrected chi connectivity index (χ4v) is 3.54. The molecule has 34 heavy (non-hydrogen) atoms. The van der Waals surface area contributed by atoms with Gasteiger partial charge in [-0.2, -0.15) is 5.06 Å².